The number of pyridine rings is 1. The summed E-state index contributed by atoms with van der Waals surface area (Å²) >= 11 is 0. The lowest BCUT2D eigenvalue weighted by Crippen LogP contribution is -2.33. The molecular weight excluding hydrogens is 392 g/mol. The highest BCUT2D eigenvalue weighted by atomic mass is 19.2. The molecule has 1 aliphatic carbocycles. The Bertz CT molecular complexity index is 850. The number of halogens is 2. The predicted molar refractivity (Wildman–Crippen MR) is 121 cm³/mol. The van der Waals surface area contributed by atoms with Gasteiger partial charge in [0.2, 0.25) is 0 Å². The zero-order chi connectivity index (χ0) is 21.8. The van der Waals surface area contributed by atoms with Crippen LogP contribution in [0.25, 0.3) is 11.3 Å². The smallest absolute Gasteiger partial charge is 0.168 e. The summed E-state index contributed by atoms with van der Waals surface area (Å²) in [7, 11) is 0. The second kappa shape index (κ2) is 10.2. The Balaban J connectivity index is 1.39. The Morgan fingerprint density at radius 1 is 0.935 bits per heavy atom. The molecule has 2 aromatic rings. The van der Waals surface area contributed by atoms with Crippen molar-refractivity contribution < 1.29 is 13.5 Å². The molecule has 2 aliphatic rings. The van der Waals surface area contributed by atoms with Crippen LogP contribution in [-0.4, -0.2) is 17.7 Å². The van der Waals surface area contributed by atoms with Gasteiger partial charge in [-0.1, -0.05) is 51.7 Å². The molecule has 2 nitrogen and oxygen atoms in total. The number of benzene rings is 1. The first-order chi connectivity index (χ1) is 15.1. The van der Waals surface area contributed by atoms with Gasteiger partial charge in [0.05, 0.1) is 18.4 Å². The maximum absolute atomic E-state index is 15.0. The molecule has 2 fully saturated rings. The van der Waals surface area contributed by atoms with Crippen LogP contribution in [0.5, 0.6) is 0 Å². The third-order valence-electron chi connectivity index (χ3n) is 7.49. The lowest BCUT2D eigenvalue weighted by atomic mass is 9.75. The molecular formula is C27H35F2NO. The monoisotopic (exact) mass is 427 g/mol. The van der Waals surface area contributed by atoms with Gasteiger partial charge >= 0.3 is 0 Å². The van der Waals surface area contributed by atoms with Gasteiger partial charge in [0.25, 0.3) is 0 Å². The Morgan fingerprint density at radius 3 is 2.35 bits per heavy atom. The van der Waals surface area contributed by atoms with Crippen LogP contribution in [0.15, 0.2) is 30.5 Å². The van der Waals surface area contributed by atoms with Gasteiger partial charge in [-0.3, -0.25) is 4.98 Å². The first-order valence-electron chi connectivity index (χ1n) is 12.1. The normalized spacial score (nSPS) is 26.7. The fraction of sp³-hybridized carbons (Fsp3) is 0.593. The standard InChI is InChI=1S/C27H35F2NO/c1-3-5-19-6-9-20(10-7-19)25-15-11-21(17-31-25)22-12-13-23(27(29)26(22)28)24-14-8-18(4-2)16-30-24/h8,12-14,16,19-21,25H,3-7,9-11,15,17H2,1-2H3. The Labute approximate surface area is 185 Å². The van der Waals surface area contributed by atoms with E-state index in [0.29, 0.717) is 23.8 Å². The third kappa shape index (κ3) is 5.00. The van der Waals surface area contributed by atoms with E-state index in [0.717, 1.165) is 30.7 Å². The van der Waals surface area contributed by atoms with Gasteiger partial charge in [-0.25, -0.2) is 8.78 Å². The molecule has 1 saturated heterocycles. The summed E-state index contributed by atoms with van der Waals surface area (Å²) in [5.74, 6) is -0.0979. The van der Waals surface area contributed by atoms with E-state index in [2.05, 4.69) is 11.9 Å². The summed E-state index contributed by atoms with van der Waals surface area (Å²) in [6.07, 6.45) is 12.4. The second-order valence-corrected chi connectivity index (χ2v) is 9.45. The minimum absolute atomic E-state index is 0.0772. The fourth-order valence-corrected chi connectivity index (χ4v) is 5.52. The third-order valence-corrected chi connectivity index (χ3v) is 7.49. The first kappa shape index (κ1) is 22.4. The molecule has 0 N–H and O–H groups in total. The summed E-state index contributed by atoms with van der Waals surface area (Å²) in [6.45, 7) is 4.79. The molecule has 1 aromatic heterocycles. The van der Waals surface area contributed by atoms with Crippen molar-refractivity contribution in [2.24, 2.45) is 11.8 Å². The van der Waals surface area contributed by atoms with Gasteiger partial charge in [-0.15, -0.1) is 0 Å². The van der Waals surface area contributed by atoms with E-state index in [1.807, 2.05) is 13.0 Å². The number of nitrogens with zero attached hydrogens (tertiary/aromatic N) is 1. The van der Waals surface area contributed by atoms with Gasteiger partial charge in [0.15, 0.2) is 11.6 Å². The van der Waals surface area contributed by atoms with E-state index in [9.17, 15) is 8.78 Å². The lowest BCUT2D eigenvalue weighted by molar-refractivity contribution is -0.0440. The molecule has 31 heavy (non-hydrogen) atoms. The summed E-state index contributed by atoms with van der Waals surface area (Å²) in [5.41, 5.74) is 2.21. The minimum atomic E-state index is -0.800. The molecule has 168 valence electrons. The number of ether oxygens (including phenoxy) is 1. The van der Waals surface area contributed by atoms with Gasteiger partial charge in [0, 0.05) is 17.7 Å². The summed E-state index contributed by atoms with van der Waals surface area (Å²) in [4.78, 5) is 4.31. The van der Waals surface area contributed by atoms with Crippen LogP contribution >= 0.6 is 0 Å². The van der Waals surface area contributed by atoms with Crippen LogP contribution in [0.3, 0.4) is 0 Å². The van der Waals surface area contributed by atoms with Crippen LogP contribution in [0.2, 0.25) is 0 Å². The quantitative estimate of drug-likeness (QED) is 0.477. The molecule has 0 bridgehead atoms. The van der Waals surface area contributed by atoms with E-state index in [-0.39, 0.29) is 17.6 Å². The molecule has 0 amide bonds. The van der Waals surface area contributed by atoms with Crippen molar-refractivity contribution in [3.8, 4) is 11.3 Å². The van der Waals surface area contributed by atoms with Gasteiger partial charge in [-0.2, -0.15) is 0 Å². The number of hydrogen-bond acceptors (Lipinski definition) is 2. The molecule has 4 rings (SSSR count). The largest absolute Gasteiger partial charge is 0.377 e. The zero-order valence-electron chi connectivity index (χ0n) is 18.9. The van der Waals surface area contributed by atoms with Crippen molar-refractivity contribution in [2.75, 3.05) is 6.61 Å². The Hall–Kier alpha value is -1.81. The molecule has 4 heteroatoms. The molecule has 2 atom stereocenters. The maximum atomic E-state index is 15.0. The highest BCUT2D eigenvalue weighted by Crippen LogP contribution is 2.40. The summed E-state index contributed by atoms with van der Waals surface area (Å²) in [5, 5.41) is 0. The van der Waals surface area contributed by atoms with Crippen molar-refractivity contribution in [1.29, 1.82) is 0 Å². The van der Waals surface area contributed by atoms with Crippen LogP contribution in [-0.2, 0) is 11.2 Å². The van der Waals surface area contributed by atoms with Crippen LogP contribution in [0, 0.1) is 23.5 Å². The van der Waals surface area contributed by atoms with Crippen molar-refractivity contribution in [3.63, 3.8) is 0 Å². The van der Waals surface area contributed by atoms with Crippen molar-refractivity contribution in [2.45, 2.75) is 83.7 Å². The second-order valence-electron chi connectivity index (χ2n) is 9.45. The SMILES string of the molecule is CCCC1CCC(C2CCC(c3ccc(-c4ccc(CC)cn4)c(F)c3F)CO2)CC1. The molecule has 1 aliphatic heterocycles. The van der Waals surface area contributed by atoms with Crippen LogP contribution in [0.4, 0.5) is 8.78 Å². The number of rotatable bonds is 6. The highest BCUT2D eigenvalue weighted by molar-refractivity contribution is 5.61. The minimum Gasteiger partial charge on any atom is -0.377 e. The molecule has 2 heterocycles. The number of aromatic nitrogens is 1. The van der Waals surface area contributed by atoms with Crippen LogP contribution in [0.1, 0.15) is 82.3 Å². The van der Waals surface area contributed by atoms with Gasteiger partial charge < -0.3 is 4.74 Å². The number of aryl methyl sites for hydroxylation is 1. The molecule has 2 unspecified atom stereocenters. The summed E-state index contributed by atoms with van der Waals surface area (Å²) < 4.78 is 36.1. The van der Waals surface area contributed by atoms with Gasteiger partial charge in [-0.05, 0) is 67.2 Å². The Kier molecular flexibility index (Phi) is 7.37. The topological polar surface area (TPSA) is 22.1 Å². The predicted octanol–water partition coefficient (Wildman–Crippen LogP) is 7.46. The van der Waals surface area contributed by atoms with E-state index in [1.54, 1.807) is 24.4 Å². The molecule has 1 saturated carbocycles. The van der Waals surface area contributed by atoms with Crippen molar-refractivity contribution in [3.05, 3.63) is 53.2 Å². The Morgan fingerprint density at radius 2 is 1.74 bits per heavy atom. The molecule has 1 aromatic carbocycles. The van der Waals surface area contributed by atoms with E-state index in [1.165, 1.54) is 38.5 Å². The first-order valence-corrected chi connectivity index (χ1v) is 12.1. The number of hydrogen-bond donors (Lipinski definition) is 0. The van der Waals surface area contributed by atoms with Crippen LogP contribution < -0.4 is 0 Å². The van der Waals surface area contributed by atoms with E-state index >= 15 is 0 Å². The zero-order valence-corrected chi connectivity index (χ0v) is 18.9. The van der Waals surface area contributed by atoms with Crippen molar-refractivity contribution in [1.82, 2.24) is 4.98 Å². The van der Waals surface area contributed by atoms with E-state index < -0.39 is 11.6 Å². The summed E-state index contributed by atoms with van der Waals surface area (Å²) in [6, 6.07) is 7.08. The average molecular weight is 428 g/mol. The average Bonchev–Trinajstić information content (AvgIpc) is 2.82. The molecule has 0 spiro atoms. The van der Waals surface area contributed by atoms with Crippen molar-refractivity contribution >= 4 is 0 Å². The fourth-order valence-electron chi connectivity index (χ4n) is 5.52. The van der Waals surface area contributed by atoms with Gasteiger partial charge in [0.1, 0.15) is 0 Å². The van der Waals surface area contributed by atoms with E-state index in [4.69, 9.17) is 4.74 Å². The lowest BCUT2D eigenvalue weighted by Gasteiger charge is -2.38. The molecule has 0 radical (unpaired) electrons. The highest BCUT2D eigenvalue weighted by Gasteiger charge is 2.33. The maximum Gasteiger partial charge on any atom is 0.168 e.